The van der Waals surface area contributed by atoms with Gasteiger partial charge in [0.2, 0.25) is 5.95 Å². The van der Waals surface area contributed by atoms with E-state index in [4.69, 9.17) is 4.74 Å². The summed E-state index contributed by atoms with van der Waals surface area (Å²) in [4.78, 5) is 13.6. The fourth-order valence-electron chi connectivity index (χ4n) is 2.90. The molecule has 3 rings (SSSR count). The van der Waals surface area contributed by atoms with Crippen molar-refractivity contribution in [3.63, 3.8) is 0 Å². The van der Waals surface area contributed by atoms with Gasteiger partial charge in [0.25, 0.3) is 0 Å². The first-order chi connectivity index (χ1) is 12.2. The maximum atomic E-state index is 13.1. The van der Waals surface area contributed by atoms with Gasteiger partial charge < -0.3 is 19.9 Å². The van der Waals surface area contributed by atoms with E-state index in [1.165, 1.54) is 12.1 Å². The summed E-state index contributed by atoms with van der Waals surface area (Å²) in [6, 6.07) is 8.69. The van der Waals surface area contributed by atoms with E-state index in [0.29, 0.717) is 19.1 Å². The Morgan fingerprint density at radius 2 is 1.76 bits per heavy atom. The Morgan fingerprint density at radius 3 is 2.44 bits per heavy atom. The summed E-state index contributed by atoms with van der Waals surface area (Å²) in [7, 11) is 1.67. The van der Waals surface area contributed by atoms with Crippen molar-refractivity contribution in [1.82, 2.24) is 9.97 Å². The van der Waals surface area contributed by atoms with Gasteiger partial charge in [-0.1, -0.05) is 0 Å². The lowest BCUT2D eigenvalue weighted by molar-refractivity contribution is 0.210. The lowest BCUT2D eigenvalue weighted by atomic mass is 10.2. The number of halogens is 1. The quantitative estimate of drug-likeness (QED) is 0.811. The third kappa shape index (κ3) is 4.57. The molecule has 0 spiro atoms. The van der Waals surface area contributed by atoms with Crippen LogP contribution < -0.4 is 15.1 Å². The zero-order valence-electron chi connectivity index (χ0n) is 14.7. The summed E-state index contributed by atoms with van der Waals surface area (Å²) in [6.45, 7) is 6.75. The van der Waals surface area contributed by atoms with Crippen LogP contribution in [0.2, 0.25) is 0 Å². The number of anilines is 3. The van der Waals surface area contributed by atoms with Gasteiger partial charge in [-0.3, -0.25) is 0 Å². The van der Waals surface area contributed by atoms with Gasteiger partial charge in [-0.25, -0.2) is 9.37 Å². The summed E-state index contributed by atoms with van der Waals surface area (Å²) in [6.07, 6.45) is 0. The Balaban J connectivity index is 1.63. The first kappa shape index (κ1) is 17.4. The molecular formula is C18H24FN5O. The maximum absolute atomic E-state index is 13.1. The number of methoxy groups -OCH3 is 1. The molecule has 0 saturated carbocycles. The van der Waals surface area contributed by atoms with Gasteiger partial charge >= 0.3 is 0 Å². The minimum atomic E-state index is -0.202. The van der Waals surface area contributed by atoms with Crippen LogP contribution in [0.25, 0.3) is 0 Å². The average Bonchev–Trinajstić information content (AvgIpc) is 2.62. The molecule has 1 N–H and O–H groups in total. The number of rotatable bonds is 6. The highest BCUT2D eigenvalue weighted by Gasteiger charge is 2.19. The van der Waals surface area contributed by atoms with E-state index in [0.717, 1.165) is 43.4 Å². The van der Waals surface area contributed by atoms with Crippen LogP contribution in [0.15, 0.2) is 30.3 Å². The van der Waals surface area contributed by atoms with E-state index in [2.05, 4.69) is 25.1 Å². The fourth-order valence-corrected chi connectivity index (χ4v) is 2.90. The van der Waals surface area contributed by atoms with Gasteiger partial charge in [-0.15, -0.1) is 0 Å². The zero-order chi connectivity index (χ0) is 17.6. The molecule has 0 radical (unpaired) electrons. The van der Waals surface area contributed by atoms with Crippen LogP contribution in [0.4, 0.5) is 21.8 Å². The number of nitrogens with zero attached hydrogens (tertiary/aromatic N) is 4. The summed E-state index contributed by atoms with van der Waals surface area (Å²) in [5, 5.41) is 3.19. The molecule has 6 nitrogen and oxygen atoms in total. The predicted molar refractivity (Wildman–Crippen MR) is 98.0 cm³/mol. The van der Waals surface area contributed by atoms with Crippen LogP contribution >= 0.6 is 0 Å². The van der Waals surface area contributed by atoms with Crippen molar-refractivity contribution in [3.05, 3.63) is 41.8 Å². The summed E-state index contributed by atoms with van der Waals surface area (Å²) < 4.78 is 18.1. The summed E-state index contributed by atoms with van der Waals surface area (Å²) in [5.41, 5.74) is 1.99. The molecule has 0 atom stereocenters. The molecule has 0 bridgehead atoms. The fraction of sp³-hybridized carbons (Fsp3) is 0.444. The van der Waals surface area contributed by atoms with E-state index >= 15 is 0 Å². The minimum Gasteiger partial charge on any atom is -0.383 e. The number of benzene rings is 1. The lowest BCUT2D eigenvalue weighted by Gasteiger charge is -2.36. The lowest BCUT2D eigenvalue weighted by Crippen LogP contribution is -2.47. The summed E-state index contributed by atoms with van der Waals surface area (Å²) >= 11 is 0. The molecule has 1 aliphatic rings. The molecule has 1 aromatic carbocycles. The number of nitrogens with one attached hydrogen (secondary N) is 1. The van der Waals surface area contributed by atoms with Crippen molar-refractivity contribution in [2.24, 2.45) is 0 Å². The van der Waals surface area contributed by atoms with Gasteiger partial charge in [0.05, 0.1) is 6.61 Å². The highest BCUT2D eigenvalue weighted by atomic mass is 19.1. The molecule has 0 unspecified atom stereocenters. The zero-order valence-corrected chi connectivity index (χ0v) is 14.7. The van der Waals surface area contributed by atoms with Crippen molar-refractivity contribution in [2.75, 3.05) is 61.6 Å². The Bertz CT molecular complexity index is 686. The van der Waals surface area contributed by atoms with E-state index in [1.807, 2.05) is 25.1 Å². The smallest absolute Gasteiger partial charge is 0.224 e. The van der Waals surface area contributed by atoms with E-state index in [1.54, 1.807) is 7.11 Å². The largest absolute Gasteiger partial charge is 0.383 e. The van der Waals surface area contributed by atoms with Crippen molar-refractivity contribution >= 4 is 17.5 Å². The molecule has 1 fully saturated rings. The van der Waals surface area contributed by atoms with Crippen molar-refractivity contribution in [1.29, 1.82) is 0 Å². The van der Waals surface area contributed by atoms with Crippen LogP contribution in [-0.4, -0.2) is 56.4 Å². The van der Waals surface area contributed by atoms with Crippen LogP contribution in [0.1, 0.15) is 5.69 Å². The monoisotopic (exact) mass is 345 g/mol. The molecule has 0 amide bonds. The normalized spacial score (nSPS) is 14.7. The third-order valence-electron chi connectivity index (χ3n) is 4.23. The maximum Gasteiger partial charge on any atom is 0.224 e. The van der Waals surface area contributed by atoms with Crippen molar-refractivity contribution < 1.29 is 9.13 Å². The number of ether oxygens (including phenoxy) is 1. The summed E-state index contributed by atoms with van der Waals surface area (Å²) in [5.74, 6) is 1.37. The SMILES string of the molecule is COCCNc1nc(C)cc(N2CCN(c3ccc(F)cc3)CC2)n1. The van der Waals surface area contributed by atoms with Gasteiger partial charge in [0, 0.05) is 57.3 Å². The topological polar surface area (TPSA) is 53.5 Å². The van der Waals surface area contributed by atoms with Gasteiger partial charge in [-0.05, 0) is 31.2 Å². The number of hydrogen-bond acceptors (Lipinski definition) is 6. The predicted octanol–water partition coefficient (Wildman–Crippen LogP) is 2.31. The Labute approximate surface area is 147 Å². The molecule has 7 heteroatoms. The van der Waals surface area contributed by atoms with Crippen LogP contribution in [0.5, 0.6) is 0 Å². The van der Waals surface area contributed by atoms with Gasteiger partial charge in [0.1, 0.15) is 11.6 Å². The molecule has 1 aromatic heterocycles. The Hall–Kier alpha value is -2.41. The Kier molecular flexibility index (Phi) is 5.65. The molecular weight excluding hydrogens is 321 g/mol. The first-order valence-electron chi connectivity index (χ1n) is 8.49. The molecule has 2 heterocycles. The Morgan fingerprint density at radius 1 is 1.08 bits per heavy atom. The highest BCUT2D eigenvalue weighted by Crippen LogP contribution is 2.21. The van der Waals surface area contributed by atoms with Gasteiger partial charge in [0.15, 0.2) is 0 Å². The molecule has 1 saturated heterocycles. The molecule has 1 aliphatic heterocycles. The van der Waals surface area contributed by atoms with Crippen LogP contribution in [0, 0.1) is 12.7 Å². The molecule has 25 heavy (non-hydrogen) atoms. The number of hydrogen-bond donors (Lipinski definition) is 1. The van der Waals surface area contributed by atoms with Gasteiger partial charge in [-0.2, -0.15) is 4.98 Å². The minimum absolute atomic E-state index is 0.202. The second-order valence-corrected chi connectivity index (χ2v) is 6.06. The van der Waals surface area contributed by atoms with Crippen molar-refractivity contribution in [3.8, 4) is 0 Å². The van der Waals surface area contributed by atoms with E-state index in [9.17, 15) is 4.39 Å². The molecule has 0 aliphatic carbocycles. The second-order valence-electron chi connectivity index (χ2n) is 6.06. The van der Waals surface area contributed by atoms with Crippen LogP contribution in [0.3, 0.4) is 0 Å². The van der Waals surface area contributed by atoms with E-state index < -0.39 is 0 Å². The molecule has 2 aromatic rings. The highest BCUT2D eigenvalue weighted by molar-refractivity contribution is 5.50. The number of piperazine rings is 1. The second kappa shape index (κ2) is 8.11. The number of aromatic nitrogens is 2. The van der Waals surface area contributed by atoms with Crippen molar-refractivity contribution in [2.45, 2.75) is 6.92 Å². The number of aryl methyl sites for hydroxylation is 1. The standard InChI is InChI=1S/C18H24FN5O/c1-14-13-17(22-18(21-14)20-7-12-25-2)24-10-8-23(9-11-24)16-5-3-15(19)4-6-16/h3-6,13H,7-12H2,1-2H3,(H,20,21,22). The first-order valence-corrected chi connectivity index (χ1v) is 8.49. The average molecular weight is 345 g/mol. The van der Waals surface area contributed by atoms with Crippen LogP contribution in [-0.2, 0) is 4.74 Å². The van der Waals surface area contributed by atoms with E-state index in [-0.39, 0.29) is 5.82 Å². The third-order valence-corrected chi connectivity index (χ3v) is 4.23. The molecule has 134 valence electrons.